The van der Waals surface area contributed by atoms with E-state index in [9.17, 15) is 9.59 Å². The molecule has 5 rings (SSSR count). The first-order valence-electron chi connectivity index (χ1n) is 9.27. The second-order valence-electron chi connectivity index (χ2n) is 6.94. The van der Waals surface area contributed by atoms with Crippen molar-refractivity contribution in [3.8, 4) is 23.0 Å². The first-order chi connectivity index (χ1) is 14.6. The maximum Gasteiger partial charge on any atom is 0.278 e. The van der Waals surface area contributed by atoms with Gasteiger partial charge >= 0.3 is 0 Å². The van der Waals surface area contributed by atoms with Crippen LogP contribution in [0.4, 0.5) is 0 Å². The SMILES string of the molecule is COc1ccc(CN2Cc3c(nc4cc(-c5ccco5)[nH]n4c3=O)C2=O)cc1OC. The van der Waals surface area contributed by atoms with Crippen LogP contribution in [-0.2, 0) is 13.1 Å². The van der Waals surface area contributed by atoms with Crippen LogP contribution >= 0.6 is 0 Å². The van der Waals surface area contributed by atoms with Crippen molar-refractivity contribution >= 4 is 11.6 Å². The Balaban J connectivity index is 1.47. The minimum absolute atomic E-state index is 0.186. The number of amides is 1. The van der Waals surface area contributed by atoms with Crippen LogP contribution in [0.25, 0.3) is 17.1 Å². The van der Waals surface area contributed by atoms with Gasteiger partial charge in [0.15, 0.2) is 22.9 Å². The molecule has 1 N–H and O–H groups in total. The van der Waals surface area contributed by atoms with Crippen molar-refractivity contribution in [1.82, 2.24) is 19.5 Å². The summed E-state index contributed by atoms with van der Waals surface area (Å²) in [6, 6.07) is 10.7. The molecule has 0 radical (unpaired) electrons. The number of carbonyl (C=O) groups excluding carboxylic acids is 1. The molecule has 1 amide bonds. The number of benzene rings is 1. The number of hydrogen-bond donors (Lipinski definition) is 1. The van der Waals surface area contributed by atoms with Gasteiger partial charge in [-0.05, 0) is 29.8 Å². The van der Waals surface area contributed by atoms with Crippen LogP contribution in [0.1, 0.15) is 21.6 Å². The third kappa shape index (κ3) is 2.74. The molecule has 4 heterocycles. The Bertz CT molecular complexity index is 1320. The number of aromatic nitrogens is 3. The van der Waals surface area contributed by atoms with Crippen molar-refractivity contribution in [2.24, 2.45) is 0 Å². The smallest absolute Gasteiger partial charge is 0.278 e. The molecule has 9 heteroatoms. The fraction of sp³-hybridized carbons (Fsp3) is 0.190. The first kappa shape index (κ1) is 18.0. The molecule has 0 saturated heterocycles. The molecule has 0 atom stereocenters. The highest BCUT2D eigenvalue weighted by molar-refractivity contribution is 5.96. The van der Waals surface area contributed by atoms with E-state index in [2.05, 4.69) is 10.1 Å². The zero-order valence-electron chi connectivity index (χ0n) is 16.3. The minimum atomic E-state index is -0.295. The predicted octanol–water partition coefficient (Wildman–Crippen LogP) is 2.46. The molecule has 0 saturated carbocycles. The van der Waals surface area contributed by atoms with E-state index in [0.29, 0.717) is 40.7 Å². The van der Waals surface area contributed by atoms with Crippen LogP contribution in [-0.4, -0.2) is 39.6 Å². The lowest BCUT2D eigenvalue weighted by Crippen LogP contribution is -2.23. The highest BCUT2D eigenvalue weighted by Gasteiger charge is 2.33. The monoisotopic (exact) mass is 406 g/mol. The fourth-order valence-corrected chi connectivity index (χ4v) is 3.68. The molecule has 1 aromatic carbocycles. The van der Waals surface area contributed by atoms with Gasteiger partial charge in [-0.1, -0.05) is 6.07 Å². The lowest BCUT2D eigenvalue weighted by Gasteiger charge is -2.16. The summed E-state index contributed by atoms with van der Waals surface area (Å²) in [6.45, 7) is 0.512. The Morgan fingerprint density at radius 1 is 1.13 bits per heavy atom. The average Bonchev–Trinajstić information content (AvgIpc) is 3.49. The number of H-pyrrole nitrogens is 1. The summed E-state index contributed by atoms with van der Waals surface area (Å²) in [4.78, 5) is 31.9. The van der Waals surface area contributed by atoms with Crippen molar-refractivity contribution in [1.29, 1.82) is 0 Å². The van der Waals surface area contributed by atoms with E-state index < -0.39 is 0 Å². The molecular weight excluding hydrogens is 388 g/mol. The topological polar surface area (TPSA) is 102 Å². The third-order valence-corrected chi connectivity index (χ3v) is 5.16. The number of rotatable bonds is 5. The molecule has 0 bridgehead atoms. The van der Waals surface area contributed by atoms with Gasteiger partial charge in [-0.15, -0.1) is 0 Å². The maximum atomic E-state index is 13.0. The molecule has 0 unspecified atom stereocenters. The molecule has 3 aromatic heterocycles. The number of nitrogens with zero attached hydrogens (tertiary/aromatic N) is 3. The van der Waals surface area contributed by atoms with Gasteiger partial charge in [-0.3, -0.25) is 14.7 Å². The third-order valence-electron chi connectivity index (χ3n) is 5.16. The van der Waals surface area contributed by atoms with Crippen LogP contribution in [0, 0.1) is 0 Å². The van der Waals surface area contributed by atoms with Crippen molar-refractivity contribution < 1.29 is 18.7 Å². The fourth-order valence-electron chi connectivity index (χ4n) is 3.68. The lowest BCUT2D eigenvalue weighted by atomic mass is 10.2. The van der Waals surface area contributed by atoms with Crippen LogP contribution in [0.5, 0.6) is 11.5 Å². The van der Waals surface area contributed by atoms with E-state index >= 15 is 0 Å². The number of aromatic amines is 1. The Hall–Kier alpha value is -4.01. The zero-order chi connectivity index (χ0) is 20.8. The van der Waals surface area contributed by atoms with Gasteiger partial charge in [0.1, 0.15) is 11.4 Å². The van der Waals surface area contributed by atoms with Gasteiger partial charge in [-0.2, -0.15) is 0 Å². The van der Waals surface area contributed by atoms with E-state index in [4.69, 9.17) is 13.9 Å². The molecule has 0 fully saturated rings. The lowest BCUT2D eigenvalue weighted by molar-refractivity contribution is 0.0762. The first-order valence-corrected chi connectivity index (χ1v) is 9.27. The Kier molecular flexibility index (Phi) is 4.09. The summed E-state index contributed by atoms with van der Waals surface area (Å²) in [6.07, 6.45) is 1.55. The van der Waals surface area contributed by atoms with E-state index in [1.807, 2.05) is 12.1 Å². The van der Waals surface area contributed by atoms with Gasteiger partial charge in [-0.25, -0.2) is 9.50 Å². The number of carbonyl (C=O) groups is 1. The van der Waals surface area contributed by atoms with Crippen LogP contribution in [0.3, 0.4) is 0 Å². The van der Waals surface area contributed by atoms with Gasteiger partial charge < -0.3 is 18.8 Å². The van der Waals surface area contributed by atoms with Gasteiger partial charge in [0.05, 0.1) is 32.6 Å². The predicted molar refractivity (Wildman–Crippen MR) is 107 cm³/mol. The number of ether oxygens (including phenoxy) is 2. The number of furan rings is 1. The van der Waals surface area contributed by atoms with Crippen LogP contribution in [0.2, 0.25) is 0 Å². The van der Waals surface area contributed by atoms with E-state index in [1.54, 1.807) is 49.6 Å². The largest absolute Gasteiger partial charge is 0.493 e. The summed E-state index contributed by atoms with van der Waals surface area (Å²) in [7, 11) is 3.12. The summed E-state index contributed by atoms with van der Waals surface area (Å²) in [5, 5.41) is 2.99. The molecular formula is C21H18N4O5. The number of nitrogens with one attached hydrogen (secondary N) is 1. The normalized spacial score (nSPS) is 13.1. The Morgan fingerprint density at radius 3 is 2.70 bits per heavy atom. The molecule has 0 spiro atoms. The standard InChI is InChI=1S/C21H18N4O5/c1-28-16-6-5-12(8-17(16)29-2)10-24-11-13-19(21(24)27)22-18-9-14(15-4-3-7-30-15)23-25(18)20(13)26/h3-9,23H,10-11H2,1-2H3. The Morgan fingerprint density at radius 2 is 1.97 bits per heavy atom. The average molecular weight is 406 g/mol. The van der Waals surface area contributed by atoms with Crippen molar-refractivity contribution in [2.75, 3.05) is 14.2 Å². The molecule has 152 valence electrons. The second-order valence-corrected chi connectivity index (χ2v) is 6.94. The molecule has 1 aliphatic heterocycles. The maximum absolute atomic E-state index is 13.0. The van der Waals surface area contributed by atoms with Crippen molar-refractivity contribution in [2.45, 2.75) is 13.1 Å². The molecule has 30 heavy (non-hydrogen) atoms. The van der Waals surface area contributed by atoms with E-state index in [0.717, 1.165) is 5.56 Å². The quantitative estimate of drug-likeness (QED) is 0.546. The highest BCUT2D eigenvalue weighted by Crippen LogP contribution is 2.29. The number of hydrogen-bond acceptors (Lipinski definition) is 6. The molecule has 9 nitrogen and oxygen atoms in total. The highest BCUT2D eigenvalue weighted by atomic mass is 16.5. The molecule has 4 aromatic rings. The Labute approximate surface area is 170 Å². The zero-order valence-corrected chi connectivity index (χ0v) is 16.3. The van der Waals surface area contributed by atoms with Gasteiger partial charge in [0.2, 0.25) is 0 Å². The number of fused-ring (bicyclic) bond motifs is 2. The van der Waals surface area contributed by atoms with Crippen molar-refractivity contribution in [3.05, 3.63) is 69.8 Å². The van der Waals surface area contributed by atoms with Crippen molar-refractivity contribution in [3.63, 3.8) is 0 Å². The second kappa shape index (κ2) is 6.80. The van der Waals surface area contributed by atoms with Crippen LogP contribution in [0.15, 0.2) is 51.9 Å². The van der Waals surface area contributed by atoms with E-state index in [1.165, 1.54) is 4.52 Å². The van der Waals surface area contributed by atoms with E-state index in [-0.39, 0.29) is 23.7 Å². The van der Waals surface area contributed by atoms with Crippen LogP contribution < -0.4 is 15.0 Å². The van der Waals surface area contributed by atoms with Gasteiger partial charge in [0.25, 0.3) is 11.5 Å². The van der Waals surface area contributed by atoms with Gasteiger partial charge in [0, 0.05) is 12.6 Å². The summed E-state index contributed by atoms with van der Waals surface area (Å²) in [5.41, 5.74) is 2.10. The molecule has 0 aliphatic carbocycles. The minimum Gasteiger partial charge on any atom is -0.493 e. The summed E-state index contributed by atoms with van der Waals surface area (Å²) in [5.74, 6) is 1.50. The molecule has 1 aliphatic rings. The summed E-state index contributed by atoms with van der Waals surface area (Å²) < 4.78 is 17.3. The summed E-state index contributed by atoms with van der Waals surface area (Å²) >= 11 is 0. The number of methoxy groups -OCH3 is 2.